The van der Waals surface area contributed by atoms with Gasteiger partial charge in [-0.05, 0) is 81.1 Å². The maximum atomic E-state index is 6.22. The van der Waals surface area contributed by atoms with Gasteiger partial charge in [-0.15, -0.1) is 5.73 Å². The first-order valence-electron chi connectivity index (χ1n) is 12.3. The normalized spacial score (nSPS) is 18.8. The molecule has 2 aliphatic rings. The van der Waals surface area contributed by atoms with Crippen molar-refractivity contribution >= 4 is 22.4 Å². The Kier molecular flexibility index (Phi) is 7.53. The van der Waals surface area contributed by atoms with Crippen LogP contribution in [0.4, 0.5) is 5.82 Å². The molecule has 4 rings (SSSR count). The highest BCUT2D eigenvalue weighted by molar-refractivity contribution is 5.98. The summed E-state index contributed by atoms with van der Waals surface area (Å²) in [6.07, 6.45) is 15.3. The highest BCUT2D eigenvalue weighted by atomic mass is 16.5. The average molecular weight is 429 g/mol. The highest BCUT2D eigenvalue weighted by Gasteiger charge is 2.17. The molecule has 32 heavy (non-hydrogen) atoms. The van der Waals surface area contributed by atoms with Crippen LogP contribution in [0, 0.1) is 0 Å². The highest BCUT2D eigenvalue weighted by Crippen LogP contribution is 2.33. The van der Waals surface area contributed by atoms with Gasteiger partial charge in [-0.2, -0.15) is 0 Å². The molecule has 1 aromatic heterocycles. The summed E-state index contributed by atoms with van der Waals surface area (Å²) in [5.74, 6) is 2.38. The molecule has 2 aromatic rings. The summed E-state index contributed by atoms with van der Waals surface area (Å²) in [6, 6.07) is 6.78. The maximum Gasteiger partial charge on any atom is 0.138 e. The molecule has 1 aliphatic heterocycles. The summed E-state index contributed by atoms with van der Waals surface area (Å²) in [7, 11) is 0. The number of aromatic amines is 1. The molecule has 1 fully saturated rings. The molecule has 168 valence electrons. The minimum Gasteiger partial charge on any atom is -0.487 e. The Morgan fingerprint density at radius 2 is 2.09 bits per heavy atom. The van der Waals surface area contributed by atoms with Crippen LogP contribution < -0.4 is 0 Å². The summed E-state index contributed by atoms with van der Waals surface area (Å²) >= 11 is 0. The monoisotopic (exact) mass is 428 g/mol. The molecule has 1 aromatic carbocycles. The van der Waals surface area contributed by atoms with Gasteiger partial charge in [-0.1, -0.05) is 38.6 Å². The minimum atomic E-state index is 0.324. The van der Waals surface area contributed by atoms with Gasteiger partial charge in [-0.25, -0.2) is 4.99 Å². The number of H-pyrrole nitrogens is 1. The number of aromatic nitrogens is 1. The Hall–Kier alpha value is -2.73. The lowest BCUT2D eigenvalue weighted by atomic mass is 9.97. The number of nitrogens with one attached hydrogen (secondary N) is 1. The number of hydrogen-bond acceptors (Lipinski definition) is 2. The standard InChI is InChI=1S/C29H36N2O/c1-4-24(32-25-13-9-7-10-14-25)18-17-23-12-8-5-6-11-15-26-27-20-22(21(2)3)16-19-28(27)31-29(26)30-23/h5,12,16,19-21,25,31H,1,6-7,9-11,13-15,17-18H2,2-3H3/b30-23+. The van der Waals surface area contributed by atoms with Gasteiger partial charge in [0.2, 0.25) is 0 Å². The fraction of sp³-hybridized carbons (Fsp3) is 0.483. The third-order valence-electron chi connectivity index (χ3n) is 6.64. The maximum absolute atomic E-state index is 6.22. The predicted octanol–water partition coefficient (Wildman–Crippen LogP) is 8.21. The van der Waals surface area contributed by atoms with E-state index in [0.717, 1.165) is 62.2 Å². The van der Waals surface area contributed by atoms with Crippen LogP contribution in [0.15, 0.2) is 59.1 Å². The molecule has 0 unspecified atom stereocenters. The van der Waals surface area contributed by atoms with Crippen LogP contribution in [0.2, 0.25) is 0 Å². The third kappa shape index (κ3) is 5.54. The van der Waals surface area contributed by atoms with E-state index in [-0.39, 0.29) is 0 Å². The number of aryl methyl sites for hydroxylation is 1. The SMILES string of the molecule is C=C=C(CC/C1=N/c2[nH]c3ccc(C(C)C)cc3c2CCCC=C=C1)OC1CCCCC1. The smallest absolute Gasteiger partial charge is 0.138 e. The van der Waals surface area contributed by atoms with Gasteiger partial charge < -0.3 is 9.72 Å². The zero-order valence-corrected chi connectivity index (χ0v) is 19.7. The molecule has 3 heteroatoms. The van der Waals surface area contributed by atoms with Gasteiger partial charge in [0.25, 0.3) is 0 Å². The fourth-order valence-electron chi connectivity index (χ4n) is 4.70. The van der Waals surface area contributed by atoms with Crippen molar-refractivity contribution in [1.82, 2.24) is 4.98 Å². The molecule has 0 spiro atoms. The molecule has 0 saturated heterocycles. The Bertz CT molecular complexity index is 1080. The first-order valence-corrected chi connectivity index (χ1v) is 12.3. The van der Waals surface area contributed by atoms with Gasteiger partial charge in [0.05, 0.1) is 11.8 Å². The van der Waals surface area contributed by atoms with E-state index >= 15 is 0 Å². The second kappa shape index (κ2) is 10.7. The van der Waals surface area contributed by atoms with Crippen LogP contribution in [-0.2, 0) is 11.2 Å². The zero-order valence-electron chi connectivity index (χ0n) is 19.7. The number of rotatable bonds is 6. The second-order valence-corrected chi connectivity index (χ2v) is 9.40. The molecule has 1 saturated carbocycles. The van der Waals surface area contributed by atoms with Crippen molar-refractivity contribution < 1.29 is 4.74 Å². The number of ether oxygens (including phenoxy) is 1. The van der Waals surface area contributed by atoms with Crippen molar-refractivity contribution in [2.75, 3.05) is 0 Å². The minimum absolute atomic E-state index is 0.324. The van der Waals surface area contributed by atoms with Crippen molar-refractivity contribution in [1.29, 1.82) is 0 Å². The van der Waals surface area contributed by atoms with Crippen molar-refractivity contribution in [3.8, 4) is 0 Å². The van der Waals surface area contributed by atoms with Crippen LogP contribution in [0.5, 0.6) is 0 Å². The third-order valence-corrected chi connectivity index (χ3v) is 6.64. The topological polar surface area (TPSA) is 37.4 Å². The average Bonchev–Trinajstić information content (AvgIpc) is 3.15. The number of fused-ring (bicyclic) bond motifs is 3. The van der Waals surface area contributed by atoms with E-state index < -0.39 is 0 Å². The van der Waals surface area contributed by atoms with E-state index in [2.05, 4.69) is 61.1 Å². The van der Waals surface area contributed by atoms with Crippen LogP contribution in [-0.4, -0.2) is 16.8 Å². The number of benzene rings is 1. The number of nitrogens with zero attached hydrogens (tertiary/aromatic N) is 1. The lowest BCUT2D eigenvalue weighted by molar-refractivity contribution is 0.0781. The van der Waals surface area contributed by atoms with Crippen molar-refractivity contribution in [3.05, 3.63) is 65.3 Å². The molecule has 0 radical (unpaired) electrons. The Labute approximate surface area is 192 Å². The molecular weight excluding hydrogens is 392 g/mol. The van der Waals surface area contributed by atoms with Gasteiger partial charge in [0, 0.05) is 29.0 Å². The zero-order chi connectivity index (χ0) is 22.3. The van der Waals surface area contributed by atoms with Crippen LogP contribution in [0.1, 0.15) is 88.7 Å². The quantitative estimate of drug-likeness (QED) is 0.365. The summed E-state index contributed by atoms with van der Waals surface area (Å²) in [6.45, 7) is 8.37. The lowest BCUT2D eigenvalue weighted by Gasteiger charge is -2.23. The van der Waals surface area contributed by atoms with E-state index in [4.69, 9.17) is 9.73 Å². The van der Waals surface area contributed by atoms with Gasteiger partial charge in [-0.3, -0.25) is 0 Å². The lowest BCUT2D eigenvalue weighted by Crippen LogP contribution is -2.16. The molecule has 0 bridgehead atoms. The number of allylic oxidation sites excluding steroid dienone is 2. The fourth-order valence-corrected chi connectivity index (χ4v) is 4.70. The van der Waals surface area contributed by atoms with E-state index in [1.54, 1.807) is 0 Å². The Morgan fingerprint density at radius 3 is 2.88 bits per heavy atom. The summed E-state index contributed by atoms with van der Waals surface area (Å²) in [5.41, 5.74) is 11.3. The molecular formula is C29H36N2O. The summed E-state index contributed by atoms with van der Waals surface area (Å²) < 4.78 is 6.22. The van der Waals surface area contributed by atoms with Crippen molar-refractivity contribution in [3.63, 3.8) is 0 Å². The molecule has 3 nitrogen and oxygen atoms in total. The van der Waals surface area contributed by atoms with Crippen molar-refractivity contribution in [2.45, 2.75) is 90.1 Å². The van der Waals surface area contributed by atoms with E-state index in [9.17, 15) is 0 Å². The summed E-state index contributed by atoms with van der Waals surface area (Å²) in [5, 5.41) is 1.31. The van der Waals surface area contributed by atoms with E-state index in [1.165, 1.54) is 41.3 Å². The van der Waals surface area contributed by atoms with Gasteiger partial charge in [0.1, 0.15) is 11.6 Å². The van der Waals surface area contributed by atoms with Crippen LogP contribution in [0.25, 0.3) is 10.9 Å². The van der Waals surface area contributed by atoms with Gasteiger partial charge in [0.15, 0.2) is 0 Å². The van der Waals surface area contributed by atoms with E-state index in [0.29, 0.717) is 12.0 Å². The number of hydrogen-bond donors (Lipinski definition) is 1. The Morgan fingerprint density at radius 1 is 1.25 bits per heavy atom. The molecule has 2 heterocycles. The molecule has 1 N–H and O–H groups in total. The molecule has 0 atom stereocenters. The Balaban J connectivity index is 1.58. The number of aliphatic imine (C=N–C) groups is 1. The molecule has 0 amide bonds. The summed E-state index contributed by atoms with van der Waals surface area (Å²) in [4.78, 5) is 8.66. The first kappa shape index (κ1) is 22.5. The van der Waals surface area contributed by atoms with Crippen LogP contribution in [0.3, 0.4) is 0 Å². The van der Waals surface area contributed by atoms with Crippen molar-refractivity contribution in [2.24, 2.45) is 4.99 Å². The second-order valence-electron chi connectivity index (χ2n) is 9.40. The molecule has 1 aliphatic carbocycles. The van der Waals surface area contributed by atoms with Crippen LogP contribution >= 0.6 is 0 Å². The first-order chi connectivity index (χ1) is 15.6. The van der Waals surface area contributed by atoms with Gasteiger partial charge >= 0.3 is 0 Å². The van der Waals surface area contributed by atoms with E-state index in [1.807, 2.05) is 6.08 Å². The predicted molar refractivity (Wildman–Crippen MR) is 135 cm³/mol. The largest absolute Gasteiger partial charge is 0.487 e.